The molecule has 1 heterocycles. The van der Waals surface area contributed by atoms with Crippen molar-refractivity contribution in [2.24, 2.45) is 0 Å². The van der Waals surface area contributed by atoms with E-state index in [1.807, 2.05) is 0 Å². The molecular weight excluding hydrogens is 360 g/mol. The van der Waals surface area contributed by atoms with Crippen LogP contribution in [0.4, 0.5) is 0 Å². The summed E-state index contributed by atoms with van der Waals surface area (Å²) in [7, 11) is 0. The number of unbranched alkanes of at least 4 members (excludes halogenated alkanes) is 7. The molecule has 0 aromatic heterocycles. The lowest BCUT2D eigenvalue weighted by Crippen LogP contribution is -2.37. The number of carbonyl (C=O) groups is 1. The molecule has 0 radical (unpaired) electrons. The van der Waals surface area contributed by atoms with Crippen LogP contribution in [0.15, 0.2) is 0 Å². The van der Waals surface area contributed by atoms with Crippen LogP contribution in [0, 0.1) is 0 Å². The zero-order valence-corrected chi connectivity index (χ0v) is 15.5. The molecule has 1 fully saturated rings. The van der Waals surface area contributed by atoms with E-state index in [-0.39, 0.29) is 0 Å². The molecule has 0 bridgehead atoms. The quantitative estimate of drug-likeness (QED) is 0.281. The van der Waals surface area contributed by atoms with E-state index < -0.39 is 13.9 Å². The minimum atomic E-state index is -1.76. The summed E-state index contributed by atoms with van der Waals surface area (Å²) in [5, 5.41) is 0. The highest BCUT2D eigenvalue weighted by atomic mass is 35.5. The van der Waals surface area contributed by atoms with Gasteiger partial charge in [0.1, 0.15) is 0 Å². The molecule has 0 spiro atoms. The summed E-state index contributed by atoms with van der Waals surface area (Å²) in [5.41, 5.74) is 0. The molecule has 1 aliphatic rings. The standard InChI is InChI=1S/C13H21Cl4NOS/c1-2-3-4-5-6-7-8-9-10-18-11(19)12(14,15)13(16,17)20-18/h2-10H2,1H3. The van der Waals surface area contributed by atoms with Crippen LogP contribution in [0.2, 0.25) is 0 Å². The van der Waals surface area contributed by atoms with Crippen LogP contribution in [0.5, 0.6) is 0 Å². The van der Waals surface area contributed by atoms with Gasteiger partial charge in [-0.15, -0.1) is 0 Å². The Balaban J connectivity index is 2.16. The van der Waals surface area contributed by atoms with E-state index in [0.717, 1.165) is 24.8 Å². The summed E-state index contributed by atoms with van der Waals surface area (Å²) >= 11 is 24.7. The van der Waals surface area contributed by atoms with Crippen LogP contribution in [0.25, 0.3) is 0 Å². The predicted molar refractivity (Wildman–Crippen MR) is 90.8 cm³/mol. The molecule has 1 rings (SSSR count). The van der Waals surface area contributed by atoms with Gasteiger partial charge >= 0.3 is 0 Å². The molecule has 1 saturated heterocycles. The third-order valence-corrected chi connectivity index (χ3v) is 6.89. The van der Waals surface area contributed by atoms with Gasteiger partial charge in [-0.2, -0.15) is 0 Å². The van der Waals surface area contributed by atoms with Crippen LogP contribution in [0.1, 0.15) is 58.3 Å². The van der Waals surface area contributed by atoms with Crippen molar-refractivity contribution < 1.29 is 4.79 Å². The van der Waals surface area contributed by atoms with Crippen LogP contribution < -0.4 is 0 Å². The first-order valence-electron chi connectivity index (χ1n) is 7.09. The summed E-state index contributed by atoms with van der Waals surface area (Å²) in [6, 6.07) is 0. The van der Waals surface area contributed by atoms with Crippen molar-refractivity contribution >= 4 is 64.3 Å². The van der Waals surface area contributed by atoms with Gasteiger partial charge in [-0.1, -0.05) is 98.3 Å². The van der Waals surface area contributed by atoms with Crippen LogP contribution in [-0.2, 0) is 4.79 Å². The van der Waals surface area contributed by atoms with E-state index in [0.29, 0.717) is 6.54 Å². The third kappa shape index (κ3) is 5.01. The van der Waals surface area contributed by atoms with Gasteiger partial charge < -0.3 is 0 Å². The SMILES string of the molecule is CCCCCCCCCCN1SC(Cl)(Cl)C(Cl)(Cl)C1=O. The minimum Gasteiger partial charge on any atom is -0.281 e. The van der Waals surface area contributed by atoms with Gasteiger partial charge in [0, 0.05) is 6.54 Å². The van der Waals surface area contributed by atoms with E-state index in [2.05, 4.69) is 6.92 Å². The van der Waals surface area contributed by atoms with Crippen molar-refractivity contribution in [1.29, 1.82) is 0 Å². The molecule has 1 amide bonds. The average Bonchev–Trinajstić information content (AvgIpc) is 2.53. The molecule has 118 valence electrons. The Kier molecular flexibility index (Phi) is 8.15. The van der Waals surface area contributed by atoms with Gasteiger partial charge in [-0.3, -0.25) is 9.10 Å². The second kappa shape index (κ2) is 8.57. The lowest BCUT2D eigenvalue weighted by atomic mass is 10.1. The Bertz CT molecular complexity index is 325. The highest BCUT2D eigenvalue weighted by molar-refractivity contribution is 8.02. The van der Waals surface area contributed by atoms with Crippen molar-refractivity contribution in [2.75, 3.05) is 6.54 Å². The number of amides is 1. The Morgan fingerprint density at radius 1 is 0.950 bits per heavy atom. The molecule has 0 unspecified atom stereocenters. The van der Waals surface area contributed by atoms with E-state index in [1.165, 1.54) is 42.8 Å². The first-order chi connectivity index (χ1) is 9.33. The predicted octanol–water partition coefficient (Wildman–Crippen LogP) is 5.92. The van der Waals surface area contributed by atoms with E-state index in [9.17, 15) is 4.79 Å². The molecule has 0 aliphatic carbocycles. The summed E-state index contributed by atoms with van der Waals surface area (Å²) in [6.45, 7) is 2.80. The first-order valence-corrected chi connectivity index (χ1v) is 9.38. The zero-order valence-electron chi connectivity index (χ0n) is 11.6. The molecule has 0 aromatic rings. The summed E-state index contributed by atoms with van der Waals surface area (Å²) in [5.74, 6) is -0.418. The number of alkyl halides is 4. The molecule has 0 atom stereocenters. The zero-order chi connectivity index (χ0) is 15.2. The second-order valence-corrected chi connectivity index (χ2v) is 9.40. The Hall–Kier alpha value is 0.980. The van der Waals surface area contributed by atoms with Gasteiger partial charge in [-0.25, -0.2) is 0 Å². The fraction of sp³-hybridized carbons (Fsp3) is 0.923. The van der Waals surface area contributed by atoms with Gasteiger partial charge in [0.25, 0.3) is 5.91 Å². The third-order valence-electron chi connectivity index (χ3n) is 3.30. The fourth-order valence-corrected chi connectivity index (χ4v) is 4.15. The van der Waals surface area contributed by atoms with Gasteiger partial charge in [0.2, 0.25) is 8.00 Å². The van der Waals surface area contributed by atoms with Crippen molar-refractivity contribution in [1.82, 2.24) is 4.31 Å². The van der Waals surface area contributed by atoms with Crippen LogP contribution >= 0.6 is 58.4 Å². The Morgan fingerprint density at radius 3 is 1.90 bits per heavy atom. The maximum atomic E-state index is 12.0. The molecule has 0 aromatic carbocycles. The van der Waals surface area contributed by atoms with Crippen molar-refractivity contribution in [2.45, 2.75) is 66.3 Å². The van der Waals surface area contributed by atoms with Gasteiger partial charge in [-0.05, 0) is 18.4 Å². The summed E-state index contributed by atoms with van der Waals surface area (Å²) in [4.78, 5) is 12.0. The number of halogens is 4. The number of carbonyl (C=O) groups excluding carboxylic acids is 1. The number of hydrogen-bond acceptors (Lipinski definition) is 2. The summed E-state index contributed by atoms with van der Waals surface area (Å²) in [6.07, 6.45) is 9.65. The first kappa shape index (κ1) is 19.0. The highest BCUT2D eigenvalue weighted by Gasteiger charge is 2.62. The van der Waals surface area contributed by atoms with Crippen molar-refractivity contribution in [3.63, 3.8) is 0 Å². The summed E-state index contributed by atoms with van der Waals surface area (Å²) < 4.78 is -1.79. The highest BCUT2D eigenvalue weighted by Crippen LogP contribution is 2.58. The van der Waals surface area contributed by atoms with Gasteiger partial charge in [0.05, 0.1) is 0 Å². The Labute approximate surface area is 146 Å². The number of hydrogen-bond donors (Lipinski definition) is 0. The topological polar surface area (TPSA) is 20.3 Å². The molecule has 7 heteroatoms. The molecule has 20 heavy (non-hydrogen) atoms. The maximum absolute atomic E-state index is 12.0. The number of nitrogens with zero attached hydrogens (tertiary/aromatic N) is 1. The molecule has 2 nitrogen and oxygen atoms in total. The van der Waals surface area contributed by atoms with Crippen LogP contribution in [-0.4, -0.2) is 24.8 Å². The molecule has 0 N–H and O–H groups in total. The van der Waals surface area contributed by atoms with Gasteiger partial charge in [0.15, 0.2) is 0 Å². The smallest absolute Gasteiger partial charge is 0.273 e. The fourth-order valence-electron chi connectivity index (χ4n) is 2.05. The van der Waals surface area contributed by atoms with E-state index >= 15 is 0 Å². The average molecular weight is 381 g/mol. The minimum absolute atomic E-state index is 0.418. The maximum Gasteiger partial charge on any atom is 0.273 e. The van der Waals surface area contributed by atoms with E-state index in [4.69, 9.17) is 46.4 Å². The lowest BCUT2D eigenvalue weighted by Gasteiger charge is -2.18. The van der Waals surface area contributed by atoms with Crippen molar-refractivity contribution in [3.05, 3.63) is 0 Å². The molecular formula is C13H21Cl4NOS. The van der Waals surface area contributed by atoms with Crippen molar-refractivity contribution in [3.8, 4) is 0 Å². The van der Waals surface area contributed by atoms with E-state index in [1.54, 1.807) is 0 Å². The molecule has 0 saturated carbocycles. The van der Waals surface area contributed by atoms with Crippen LogP contribution in [0.3, 0.4) is 0 Å². The normalized spacial score (nSPS) is 20.6. The lowest BCUT2D eigenvalue weighted by molar-refractivity contribution is -0.125. The largest absolute Gasteiger partial charge is 0.281 e. The Morgan fingerprint density at radius 2 is 1.45 bits per heavy atom. The molecule has 1 aliphatic heterocycles. The monoisotopic (exact) mass is 379 g/mol. The second-order valence-electron chi connectivity index (χ2n) is 5.06. The number of rotatable bonds is 9.